The summed E-state index contributed by atoms with van der Waals surface area (Å²) in [5.74, 6) is -1.64. The number of hydrogen-bond donors (Lipinski definition) is 2. The summed E-state index contributed by atoms with van der Waals surface area (Å²) in [7, 11) is 0. The number of anilines is 1. The van der Waals surface area contributed by atoms with Gasteiger partial charge >= 0.3 is 12.2 Å². The van der Waals surface area contributed by atoms with Crippen LogP contribution in [0.2, 0.25) is 5.02 Å². The molecule has 2 N–H and O–H groups in total. The van der Waals surface area contributed by atoms with Crippen molar-refractivity contribution in [3.63, 3.8) is 0 Å². The summed E-state index contributed by atoms with van der Waals surface area (Å²) in [6.45, 7) is 0. The molecule has 4 nitrogen and oxygen atoms in total. The first-order valence-corrected chi connectivity index (χ1v) is 9.84. The fraction of sp³-hybridized carbons (Fsp3) is 0.0476. The molecule has 0 aliphatic rings. The maximum Gasteiger partial charge on any atom is 0.416 e. The van der Waals surface area contributed by atoms with Gasteiger partial charge < -0.3 is 5.32 Å². The summed E-state index contributed by atoms with van der Waals surface area (Å²) in [6, 6.07) is 13.8. The van der Waals surface area contributed by atoms with Gasteiger partial charge in [0.05, 0.1) is 16.1 Å². The monoisotopic (exact) mass is 468 g/mol. The first-order valence-electron chi connectivity index (χ1n) is 8.65. The van der Waals surface area contributed by atoms with Crippen molar-refractivity contribution < 1.29 is 27.2 Å². The number of urea groups is 1. The van der Waals surface area contributed by atoms with Gasteiger partial charge in [-0.15, -0.1) is 0 Å². The van der Waals surface area contributed by atoms with Crippen LogP contribution >= 0.6 is 23.4 Å². The molecular weight excluding hydrogens is 456 g/mol. The molecule has 10 heteroatoms. The van der Waals surface area contributed by atoms with Crippen LogP contribution in [0.5, 0.6) is 0 Å². The molecule has 0 fully saturated rings. The highest BCUT2D eigenvalue weighted by Crippen LogP contribution is 2.38. The van der Waals surface area contributed by atoms with Gasteiger partial charge in [-0.3, -0.25) is 10.1 Å². The molecule has 0 atom stereocenters. The van der Waals surface area contributed by atoms with E-state index in [0.29, 0.717) is 15.5 Å². The van der Waals surface area contributed by atoms with Crippen molar-refractivity contribution in [2.24, 2.45) is 0 Å². The molecule has 0 bridgehead atoms. The van der Waals surface area contributed by atoms with Crippen LogP contribution in [-0.2, 0) is 6.18 Å². The fourth-order valence-corrected chi connectivity index (χ4v) is 3.59. The molecule has 0 unspecified atom stereocenters. The van der Waals surface area contributed by atoms with Crippen LogP contribution in [0, 0.1) is 5.82 Å². The highest BCUT2D eigenvalue weighted by atomic mass is 35.5. The molecule has 0 saturated heterocycles. The van der Waals surface area contributed by atoms with Crippen molar-refractivity contribution in [1.82, 2.24) is 5.32 Å². The molecular formula is C21H13ClF4N2O2S. The molecule has 3 aromatic carbocycles. The molecule has 0 aliphatic carbocycles. The Hall–Kier alpha value is -3.04. The van der Waals surface area contributed by atoms with Gasteiger partial charge in [-0.25, -0.2) is 9.18 Å². The summed E-state index contributed by atoms with van der Waals surface area (Å²) in [5, 5.41) is 4.42. The number of alkyl halides is 3. The summed E-state index contributed by atoms with van der Waals surface area (Å²) in [5.41, 5.74) is -0.753. The molecule has 31 heavy (non-hydrogen) atoms. The summed E-state index contributed by atoms with van der Waals surface area (Å²) >= 11 is 7.10. The molecule has 3 aromatic rings. The SMILES string of the molecule is O=C(NC(=O)c1ccccc1F)Nc1ccc(Sc2ccc(C(F)(F)F)cc2Cl)cc1. The first kappa shape index (κ1) is 22.6. The van der Waals surface area contributed by atoms with E-state index in [0.717, 1.165) is 30.0 Å². The lowest BCUT2D eigenvalue weighted by atomic mass is 10.2. The van der Waals surface area contributed by atoms with Crippen molar-refractivity contribution in [3.05, 3.63) is 88.7 Å². The van der Waals surface area contributed by atoms with Crippen LogP contribution in [-0.4, -0.2) is 11.9 Å². The van der Waals surface area contributed by atoms with Gasteiger partial charge in [0, 0.05) is 15.5 Å². The predicted molar refractivity (Wildman–Crippen MR) is 110 cm³/mol. The minimum Gasteiger partial charge on any atom is -0.308 e. The zero-order valence-electron chi connectivity index (χ0n) is 15.5. The lowest BCUT2D eigenvalue weighted by Crippen LogP contribution is -2.34. The van der Waals surface area contributed by atoms with Gasteiger partial charge in [0.2, 0.25) is 0 Å². The Morgan fingerprint density at radius 1 is 0.935 bits per heavy atom. The maximum absolute atomic E-state index is 13.6. The van der Waals surface area contributed by atoms with E-state index in [-0.39, 0.29) is 10.6 Å². The van der Waals surface area contributed by atoms with E-state index in [4.69, 9.17) is 11.6 Å². The number of rotatable bonds is 4. The number of carbonyl (C=O) groups excluding carboxylic acids is 2. The van der Waals surface area contributed by atoms with Crippen LogP contribution in [0.15, 0.2) is 76.5 Å². The van der Waals surface area contributed by atoms with Crippen molar-refractivity contribution in [1.29, 1.82) is 0 Å². The molecule has 0 radical (unpaired) electrons. The number of halogens is 5. The summed E-state index contributed by atoms with van der Waals surface area (Å²) in [4.78, 5) is 25.0. The van der Waals surface area contributed by atoms with E-state index in [1.54, 1.807) is 12.1 Å². The minimum atomic E-state index is -4.48. The first-order chi connectivity index (χ1) is 14.6. The molecule has 3 rings (SSSR count). The molecule has 0 heterocycles. The largest absolute Gasteiger partial charge is 0.416 e. The van der Waals surface area contributed by atoms with Gasteiger partial charge in [0.15, 0.2) is 0 Å². The highest BCUT2D eigenvalue weighted by molar-refractivity contribution is 7.99. The number of benzene rings is 3. The van der Waals surface area contributed by atoms with Crippen molar-refractivity contribution in [2.45, 2.75) is 16.0 Å². The van der Waals surface area contributed by atoms with Crippen LogP contribution < -0.4 is 10.6 Å². The number of amides is 3. The zero-order valence-corrected chi connectivity index (χ0v) is 17.0. The van der Waals surface area contributed by atoms with Gasteiger partial charge in [0.25, 0.3) is 5.91 Å². The van der Waals surface area contributed by atoms with Gasteiger partial charge in [0.1, 0.15) is 5.82 Å². The van der Waals surface area contributed by atoms with E-state index in [9.17, 15) is 27.2 Å². The predicted octanol–water partition coefficient (Wildman–Crippen LogP) is 6.61. The van der Waals surface area contributed by atoms with Crippen LogP contribution in [0.25, 0.3) is 0 Å². The molecule has 0 spiro atoms. The second-order valence-corrected chi connectivity index (χ2v) is 7.68. The van der Waals surface area contributed by atoms with Crippen molar-refractivity contribution >= 4 is 41.0 Å². The number of carbonyl (C=O) groups is 2. The third-order valence-corrected chi connectivity index (χ3v) is 5.45. The molecule has 0 aromatic heterocycles. The Morgan fingerprint density at radius 3 is 2.23 bits per heavy atom. The van der Waals surface area contributed by atoms with Gasteiger partial charge in [-0.2, -0.15) is 13.2 Å². The zero-order chi connectivity index (χ0) is 22.6. The normalized spacial score (nSPS) is 11.1. The van der Waals surface area contributed by atoms with E-state index < -0.39 is 29.5 Å². The average Bonchev–Trinajstić information content (AvgIpc) is 2.70. The standard InChI is InChI=1S/C21H13ClF4N2O2S/c22-16-11-12(21(24,25)26)5-10-18(16)31-14-8-6-13(7-9-14)27-20(30)28-19(29)15-3-1-2-4-17(15)23/h1-11H,(H2,27,28,29,30). The second kappa shape index (κ2) is 9.40. The Morgan fingerprint density at radius 2 is 1.61 bits per heavy atom. The summed E-state index contributed by atoms with van der Waals surface area (Å²) < 4.78 is 51.8. The number of nitrogens with one attached hydrogen (secondary N) is 2. The van der Waals surface area contributed by atoms with Crippen LogP contribution in [0.1, 0.15) is 15.9 Å². The third-order valence-electron chi connectivity index (χ3n) is 3.94. The number of hydrogen-bond acceptors (Lipinski definition) is 3. The lowest BCUT2D eigenvalue weighted by molar-refractivity contribution is -0.137. The summed E-state index contributed by atoms with van der Waals surface area (Å²) in [6.07, 6.45) is -4.48. The number of imide groups is 1. The van der Waals surface area contributed by atoms with Crippen molar-refractivity contribution in [2.75, 3.05) is 5.32 Å². The second-order valence-electron chi connectivity index (χ2n) is 6.16. The van der Waals surface area contributed by atoms with Gasteiger partial charge in [-0.1, -0.05) is 35.5 Å². The topological polar surface area (TPSA) is 58.2 Å². The van der Waals surface area contributed by atoms with Gasteiger partial charge in [-0.05, 0) is 54.6 Å². The lowest BCUT2D eigenvalue weighted by Gasteiger charge is -2.10. The highest BCUT2D eigenvalue weighted by Gasteiger charge is 2.30. The van der Waals surface area contributed by atoms with E-state index in [1.807, 2.05) is 5.32 Å². The third kappa shape index (κ3) is 5.99. The molecule has 0 aliphatic heterocycles. The molecule has 160 valence electrons. The Balaban J connectivity index is 1.61. The maximum atomic E-state index is 13.6. The fourth-order valence-electron chi connectivity index (χ4n) is 2.47. The average molecular weight is 469 g/mol. The molecule has 3 amide bonds. The van der Waals surface area contributed by atoms with Crippen molar-refractivity contribution in [3.8, 4) is 0 Å². The molecule has 0 saturated carbocycles. The Labute approximate surface area is 183 Å². The Kier molecular flexibility index (Phi) is 6.87. The van der Waals surface area contributed by atoms with E-state index in [1.165, 1.54) is 36.4 Å². The smallest absolute Gasteiger partial charge is 0.308 e. The quantitative estimate of drug-likeness (QED) is 0.423. The van der Waals surface area contributed by atoms with Crippen LogP contribution in [0.4, 0.5) is 28.0 Å². The Bertz CT molecular complexity index is 1120. The minimum absolute atomic E-state index is 0.0342. The van der Waals surface area contributed by atoms with E-state index >= 15 is 0 Å². The van der Waals surface area contributed by atoms with E-state index in [2.05, 4.69) is 5.32 Å². The van der Waals surface area contributed by atoms with Crippen LogP contribution in [0.3, 0.4) is 0 Å².